The summed E-state index contributed by atoms with van der Waals surface area (Å²) in [5.74, 6) is -0.0648. The number of aliphatic imine (C=N–C) groups is 1. The van der Waals surface area contributed by atoms with E-state index in [0.717, 1.165) is 0 Å². The van der Waals surface area contributed by atoms with E-state index in [-0.39, 0.29) is 11.2 Å². The molecule has 0 fully saturated rings. The predicted molar refractivity (Wildman–Crippen MR) is 29.5 cm³/mol. The van der Waals surface area contributed by atoms with Crippen LogP contribution in [0.4, 0.5) is 0 Å². The van der Waals surface area contributed by atoms with Crippen LogP contribution in [-0.2, 0) is 4.79 Å². The largest absolute Gasteiger partial charge is 0.271 e. The number of amides is 1. The normalized spacial score (nSPS) is 29.3. The van der Waals surface area contributed by atoms with Gasteiger partial charge in [-0.25, -0.2) is 4.99 Å². The summed E-state index contributed by atoms with van der Waals surface area (Å²) in [6, 6.07) is 0. The highest BCUT2D eigenvalue weighted by atomic mass is 32.2. The fourth-order valence-corrected chi connectivity index (χ4v) is 0.746. The Morgan fingerprint density at radius 2 is 2.71 bits per heavy atom. The average molecular weight is 114 g/mol. The Balaban J connectivity index is 2.62. The van der Waals surface area contributed by atoms with Crippen molar-refractivity contribution in [3.63, 3.8) is 0 Å². The van der Waals surface area contributed by atoms with Crippen molar-refractivity contribution in [2.45, 2.75) is 12.2 Å². The van der Waals surface area contributed by atoms with Crippen LogP contribution in [0.3, 0.4) is 0 Å². The minimum atomic E-state index is -0.0648. The number of hydrogen-bond acceptors (Lipinski definition) is 2. The van der Waals surface area contributed by atoms with Gasteiger partial charge in [-0.2, -0.15) is 0 Å². The van der Waals surface area contributed by atoms with Crippen LogP contribution in [0.5, 0.6) is 0 Å². The Morgan fingerprint density at radius 1 is 2.00 bits per heavy atom. The van der Waals surface area contributed by atoms with Gasteiger partial charge in [-0.15, -0.1) is 0 Å². The maximum Gasteiger partial charge on any atom is 0.260 e. The molecule has 1 heterocycles. The van der Waals surface area contributed by atoms with Crippen LogP contribution in [0.2, 0.25) is 0 Å². The standard InChI is InChI=1S/C4H4NOS/c1-3-4(6)5-2-7-3/h3H,1H3. The molecule has 3 heteroatoms. The van der Waals surface area contributed by atoms with E-state index in [2.05, 4.69) is 10.5 Å². The van der Waals surface area contributed by atoms with E-state index in [1.165, 1.54) is 11.8 Å². The highest BCUT2D eigenvalue weighted by molar-refractivity contribution is 8.13. The fourth-order valence-electron chi connectivity index (χ4n) is 0.292. The summed E-state index contributed by atoms with van der Waals surface area (Å²) in [5, 5.41) is 0.0139. The second-order valence-corrected chi connectivity index (χ2v) is 2.43. The summed E-state index contributed by atoms with van der Waals surface area (Å²) in [4.78, 5) is 13.7. The highest BCUT2D eigenvalue weighted by Crippen LogP contribution is 2.14. The molecule has 0 aromatic carbocycles. The molecule has 0 saturated heterocycles. The lowest BCUT2D eigenvalue weighted by molar-refractivity contribution is -0.116. The van der Waals surface area contributed by atoms with Crippen LogP contribution in [0.25, 0.3) is 0 Å². The SMILES string of the molecule is CC1S[C]=NC1=O. The summed E-state index contributed by atoms with van der Waals surface area (Å²) < 4.78 is 0. The molecule has 2 nitrogen and oxygen atoms in total. The van der Waals surface area contributed by atoms with E-state index < -0.39 is 0 Å². The van der Waals surface area contributed by atoms with Crippen molar-refractivity contribution in [3.8, 4) is 0 Å². The molecule has 7 heavy (non-hydrogen) atoms. The number of carbonyl (C=O) groups is 1. The molecule has 1 rings (SSSR count). The molecule has 1 amide bonds. The van der Waals surface area contributed by atoms with Crippen molar-refractivity contribution < 1.29 is 4.79 Å². The van der Waals surface area contributed by atoms with Gasteiger partial charge >= 0.3 is 0 Å². The first-order valence-corrected chi connectivity index (χ1v) is 2.84. The van der Waals surface area contributed by atoms with Crippen molar-refractivity contribution >= 4 is 23.2 Å². The summed E-state index contributed by atoms with van der Waals surface area (Å²) >= 11 is 1.34. The van der Waals surface area contributed by atoms with Gasteiger partial charge in [0.25, 0.3) is 5.91 Å². The van der Waals surface area contributed by atoms with Crippen LogP contribution < -0.4 is 0 Å². The molecule has 1 unspecified atom stereocenters. The van der Waals surface area contributed by atoms with Crippen molar-refractivity contribution in [1.82, 2.24) is 0 Å². The molecule has 0 aromatic heterocycles. The van der Waals surface area contributed by atoms with Crippen molar-refractivity contribution in [3.05, 3.63) is 0 Å². The van der Waals surface area contributed by atoms with Crippen LogP contribution in [0.1, 0.15) is 6.92 Å². The van der Waals surface area contributed by atoms with E-state index in [1.807, 2.05) is 6.92 Å². The zero-order valence-corrected chi connectivity index (χ0v) is 4.66. The predicted octanol–water partition coefficient (Wildman–Crippen LogP) is 0.554. The molecule has 0 aliphatic carbocycles. The molecule has 37 valence electrons. The maximum absolute atomic E-state index is 10.3. The molecule has 0 aromatic rings. The number of carbonyl (C=O) groups excluding carboxylic acids is 1. The van der Waals surface area contributed by atoms with Gasteiger partial charge in [-0.3, -0.25) is 4.79 Å². The Kier molecular flexibility index (Phi) is 1.15. The third kappa shape index (κ3) is 0.825. The lowest BCUT2D eigenvalue weighted by Crippen LogP contribution is -2.02. The van der Waals surface area contributed by atoms with E-state index in [9.17, 15) is 4.79 Å². The van der Waals surface area contributed by atoms with Crippen LogP contribution in [0, 0.1) is 0 Å². The van der Waals surface area contributed by atoms with Gasteiger partial charge in [0.1, 0.15) is 5.55 Å². The first-order chi connectivity index (χ1) is 3.30. The van der Waals surface area contributed by atoms with Gasteiger partial charge in [0.05, 0.1) is 5.25 Å². The monoisotopic (exact) mass is 114 g/mol. The minimum Gasteiger partial charge on any atom is -0.271 e. The third-order valence-electron chi connectivity index (χ3n) is 0.733. The van der Waals surface area contributed by atoms with E-state index in [4.69, 9.17) is 0 Å². The average Bonchev–Trinajstić information content (AvgIpc) is 1.91. The Bertz CT molecular complexity index is 121. The Labute approximate surface area is 46.0 Å². The van der Waals surface area contributed by atoms with E-state index >= 15 is 0 Å². The number of nitrogens with zero attached hydrogens (tertiary/aromatic N) is 1. The van der Waals surface area contributed by atoms with Gasteiger partial charge in [-0.05, 0) is 6.92 Å². The molecular weight excluding hydrogens is 110 g/mol. The number of thioether (sulfide) groups is 1. The highest BCUT2D eigenvalue weighted by Gasteiger charge is 2.15. The molecule has 1 aliphatic rings. The fraction of sp³-hybridized carbons (Fsp3) is 0.500. The van der Waals surface area contributed by atoms with Crippen molar-refractivity contribution in [1.29, 1.82) is 0 Å². The quantitative estimate of drug-likeness (QED) is 0.460. The number of rotatable bonds is 0. The van der Waals surface area contributed by atoms with E-state index in [0.29, 0.717) is 0 Å². The first kappa shape index (κ1) is 4.84. The molecule has 0 spiro atoms. The van der Waals surface area contributed by atoms with Crippen LogP contribution >= 0.6 is 11.8 Å². The number of hydrogen-bond donors (Lipinski definition) is 0. The zero-order valence-electron chi connectivity index (χ0n) is 3.84. The Hall–Kier alpha value is -0.310. The van der Waals surface area contributed by atoms with Gasteiger partial charge in [0.2, 0.25) is 0 Å². The lowest BCUT2D eigenvalue weighted by atomic mass is 10.5. The minimum absolute atomic E-state index is 0.0139. The molecule has 1 aliphatic heterocycles. The second kappa shape index (κ2) is 1.66. The van der Waals surface area contributed by atoms with Gasteiger partial charge in [-0.1, -0.05) is 11.8 Å². The molecule has 1 atom stereocenters. The molecule has 0 N–H and O–H groups in total. The first-order valence-electron chi connectivity index (χ1n) is 1.96. The summed E-state index contributed by atoms with van der Waals surface area (Å²) in [6.45, 7) is 1.82. The van der Waals surface area contributed by atoms with Crippen LogP contribution in [0.15, 0.2) is 4.99 Å². The van der Waals surface area contributed by atoms with Gasteiger partial charge in [0, 0.05) is 0 Å². The summed E-state index contributed by atoms with van der Waals surface area (Å²) in [5.41, 5.74) is 2.51. The molecule has 0 saturated carbocycles. The topological polar surface area (TPSA) is 29.4 Å². The third-order valence-corrected chi connectivity index (χ3v) is 1.48. The summed E-state index contributed by atoms with van der Waals surface area (Å²) in [7, 11) is 0. The summed E-state index contributed by atoms with van der Waals surface area (Å²) in [6.07, 6.45) is 0. The maximum atomic E-state index is 10.3. The van der Waals surface area contributed by atoms with Crippen molar-refractivity contribution in [2.75, 3.05) is 0 Å². The molecule has 1 radical (unpaired) electrons. The van der Waals surface area contributed by atoms with Crippen LogP contribution in [-0.4, -0.2) is 16.7 Å². The lowest BCUT2D eigenvalue weighted by Gasteiger charge is -1.88. The van der Waals surface area contributed by atoms with E-state index in [1.54, 1.807) is 0 Å². The van der Waals surface area contributed by atoms with Crippen molar-refractivity contribution in [2.24, 2.45) is 4.99 Å². The van der Waals surface area contributed by atoms with Gasteiger partial charge < -0.3 is 0 Å². The molecular formula is C4H4NOS. The zero-order chi connectivity index (χ0) is 5.28. The smallest absolute Gasteiger partial charge is 0.260 e. The Morgan fingerprint density at radius 3 is 2.86 bits per heavy atom. The molecule has 0 bridgehead atoms. The second-order valence-electron chi connectivity index (χ2n) is 1.30. The van der Waals surface area contributed by atoms with Gasteiger partial charge in [0.15, 0.2) is 0 Å².